The van der Waals surface area contributed by atoms with Gasteiger partial charge in [0.05, 0.1) is 0 Å². The van der Waals surface area contributed by atoms with E-state index in [2.05, 4.69) is 134 Å². The van der Waals surface area contributed by atoms with Crippen LogP contribution in [0, 0.1) is 0 Å². The molecule has 178 valence electrons. The largest absolute Gasteiger partial charge is 1.00 e. The molecule has 0 spiro atoms. The molecule has 2 aliphatic rings. The fourth-order valence-electron chi connectivity index (χ4n) is 5.82. The predicted molar refractivity (Wildman–Crippen MR) is 144 cm³/mol. The smallest absolute Gasteiger partial charge is 1.00 e. The monoisotopic (exact) mass is 558 g/mol. The SMILES string of the molecule is C[Si](C)=[Ti+2]([CH]1C(c2ccccc2)=Cc2ccccc21)[CH]1C(c2ccccc2)=Cc2ccccc21.[Cl-].[Cl-]. The fourth-order valence-corrected chi connectivity index (χ4v) is 19.2. The molecule has 0 bridgehead atoms. The maximum Gasteiger partial charge on any atom is -1.00 e. The maximum atomic E-state index is 2.59. The van der Waals surface area contributed by atoms with E-state index in [1.165, 1.54) is 22.3 Å². The van der Waals surface area contributed by atoms with Gasteiger partial charge in [-0.1, -0.05) is 0 Å². The summed E-state index contributed by atoms with van der Waals surface area (Å²) in [4.78, 5) is 0. The zero-order chi connectivity index (χ0) is 23.1. The normalized spacial score (nSPS) is 16.8. The average Bonchev–Trinajstić information content (AvgIpc) is 3.45. The molecule has 0 saturated heterocycles. The van der Waals surface area contributed by atoms with Crippen LogP contribution in [0.4, 0.5) is 0 Å². The molecule has 0 aliphatic heterocycles. The zero-order valence-corrected chi connectivity index (χ0v) is 24.5. The van der Waals surface area contributed by atoms with Gasteiger partial charge in [0.1, 0.15) is 0 Å². The van der Waals surface area contributed by atoms with E-state index in [1.807, 2.05) is 0 Å². The Morgan fingerprint density at radius 3 is 1.25 bits per heavy atom. The number of fused-ring (bicyclic) bond motifs is 2. The van der Waals surface area contributed by atoms with Gasteiger partial charge >= 0.3 is 210 Å². The summed E-state index contributed by atoms with van der Waals surface area (Å²) in [6.07, 6.45) is 4.48. The number of allylic oxidation sites excluding steroid dienone is 2. The predicted octanol–water partition coefficient (Wildman–Crippen LogP) is 2.45. The summed E-state index contributed by atoms with van der Waals surface area (Å²) >= 11 is -1.76. The molecule has 0 fully saturated rings. The quantitative estimate of drug-likeness (QED) is 0.338. The van der Waals surface area contributed by atoms with Crippen LogP contribution in [0.25, 0.3) is 23.3 Å². The summed E-state index contributed by atoms with van der Waals surface area (Å²) in [5.41, 5.74) is 11.9. The van der Waals surface area contributed by atoms with Crippen LogP contribution < -0.4 is 24.8 Å². The van der Waals surface area contributed by atoms with Crippen LogP contribution in [0.5, 0.6) is 0 Å². The van der Waals surface area contributed by atoms with Crippen molar-refractivity contribution >= 4 is 29.5 Å². The van der Waals surface area contributed by atoms with Crippen molar-refractivity contribution in [1.82, 2.24) is 0 Å². The molecule has 0 radical (unpaired) electrons. The Balaban J connectivity index is 0.00000152. The molecule has 4 aromatic carbocycles. The van der Waals surface area contributed by atoms with Crippen LogP contribution in [0.15, 0.2) is 109 Å². The first-order chi connectivity index (χ1) is 16.7. The third-order valence-corrected chi connectivity index (χ3v) is 20.1. The zero-order valence-electron chi connectivity index (χ0n) is 20.5. The van der Waals surface area contributed by atoms with E-state index in [1.54, 1.807) is 22.3 Å². The number of hydrogen-bond acceptors (Lipinski definition) is 0. The molecule has 6 rings (SSSR count). The second-order valence-corrected chi connectivity index (χ2v) is 21.8. The van der Waals surface area contributed by atoms with E-state index in [9.17, 15) is 0 Å². The van der Waals surface area contributed by atoms with Gasteiger partial charge in [-0.15, -0.1) is 0 Å². The Morgan fingerprint density at radius 1 is 0.500 bits per heavy atom. The van der Waals surface area contributed by atoms with Gasteiger partial charge in [0.15, 0.2) is 0 Å². The maximum absolute atomic E-state index is 2.59. The first-order valence-electron chi connectivity index (χ1n) is 12.1. The summed E-state index contributed by atoms with van der Waals surface area (Å²) in [5, 5.41) is 0. The van der Waals surface area contributed by atoms with E-state index in [4.69, 9.17) is 0 Å². The Morgan fingerprint density at radius 2 is 0.861 bits per heavy atom. The van der Waals surface area contributed by atoms with Crippen LogP contribution in [0.3, 0.4) is 0 Å². The minimum Gasteiger partial charge on any atom is -1.00 e. The third-order valence-electron chi connectivity index (χ3n) is 7.27. The van der Waals surface area contributed by atoms with Crippen molar-refractivity contribution in [3.8, 4) is 0 Å². The molecule has 0 N–H and O–H groups in total. The van der Waals surface area contributed by atoms with Crippen LogP contribution in [-0.2, 0) is 16.6 Å². The Kier molecular flexibility index (Phi) is 8.60. The molecular formula is C32H28Cl2SiTi. The topological polar surface area (TPSA) is 0 Å². The molecule has 2 atom stereocenters. The van der Waals surface area contributed by atoms with Crippen molar-refractivity contribution in [2.45, 2.75) is 21.5 Å². The number of rotatable bonds is 4. The van der Waals surface area contributed by atoms with E-state index < -0.39 is 22.8 Å². The summed E-state index contributed by atoms with van der Waals surface area (Å²) in [5.74, 6) is 0. The van der Waals surface area contributed by atoms with E-state index in [0.717, 1.165) is 0 Å². The van der Waals surface area contributed by atoms with E-state index in [0.29, 0.717) is 8.45 Å². The first kappa shape index (κ1) is 26.9. The first-order valence-corrected chi connectivity index (χ1v) is 18.8. The van der Waals surface area contributed by atoms with Gasteiger partial charge in [-0.05, 0) is 0 Å². The van der Waals surface area contributed by atoms with Gasteiger partial charge in [0, 0.05) is 0 Å². The van der Waals surface area contributed by atoms with Crippen molar-refractivity contribution in [1.29, 1.82) is 0 Å². The third kappa shape index (κ3) is 4.76. The molecule has 36 heavy (non-hydrogen) atoms. The second-order valence-electron chi connectivity index (χ2n) is 9.51. The van der Waals surface area contributed by atoms with Crippen LogP contribution in [-0.4, -0.2) is 6.19 Å². The molecule has 0 saturated carbocycles. The van der Waals surface area contributed by atoms with Crippen LogP contribution in [0.1, 0.15) is 41.8 Å². The molecular weight excluding hydrogens is 531 g/mol. The molecule has 2 aliphatic carbocycles. The number of benzene rings is 4. The Hall–Kier alpha value is -2.13. The average molecular weight is 559 g/mol. The standard InChI is InChI=1S/2C15H11.C2H6Si.2ClH.Ti/c2*1-2-6-12(7-3-1)15-10-13-8-4-5-9-14(13)11-15;1-3-2;;;/h2*1-11H;1-2H3;2*1H;/q;;;;;+2/p-2. The molecule has 0 aromatic heterocycles. The van der Waals surface area contributed by atoms with Crippen molar-refractivity contribution in [3.05, 3.63) is 143 Å². The van der Waals surface area contributed by atoms with Gasteiger partial charge < -0.3 is 24.8 Å². The summed E-state index contributed by atoms with van der Waals surface area (Å²) in [6.45, 7) is 5.18. The molecule has 0 heterocycles. The van der Waals surface area contributed by atoms with Gasteiger partial charge in [-0.2, -0.15) is 0 Å². The van der Waals surface area contributed by atoms with Gasteiger partial charge in [0.2, 0.25) is 0 Å². The minimum atomic E-state index is -1.76. The summed E-state index contributed by atoms with van der Waals surface area (Å²) in [7, 11) is 0. The number of halogens is 2. The minimum absolute atomic E-state index is 0. The van der Waals surface area contributed by atoms with Gasteiger partial charge in [-0.3, -0.25) is 0 Å². The van der Waals surface area contributed by atoms with Crippen molar-refractivity contribution < 1.29 is 41.4 Å². The summed E-state index contributed by atoms with van der Waals surface area (Å²) in [6, 6.07) is 40.7. The van der Waals surface area contributed by atoms with Crippen molar-refractivity contribution in [2.24, 2.45) is 0 Å². The molecule has 4 heteroatoms. The fraction of sp³-hybridized carbons (Fsp3) is 0.125. The van der Waals surface area contributed by atoms with Gasteiger partial charge in [-0.25, -0.2) is 0 Å². The molecule has 0 amide bonds. The van der Waals surface area contributed by atoms with Crippen LogP contribution >= 0.6 is 0 Å². The van der Waals surface area contributed by atoms with E-state index >= 15 is 0 Å². The van der Waals surface area contributed by atoms with E-state index in [-0.39, 0.29) is 24.8 Å². The second kappa shape index (κ2) is 11.5. The molecule has 2 unspecified atom stereocenters. The van der Waals surface area contributed by atoms with Gasteiger partial charge in [0.25, 0.3) is 0 Å². The Bertz CT molecular complexity index is 1360. The molecule has 0 nitrogen and oxygen atoms in total. The number of hydrogen-bond donors (Lipinski definition) is 0. The van der Waals surface area contributed by atoms with Crippen molar-refractivity contribution in [2.75, 3.05) is 0 Å². The Labute approximate surface area is 233 Å². The molecule has 4 aromatic rings. The van der Waals surface area contributed by atoms with Crippen molar-refractivity contribution in [3.63, 3.8) is 0 Å². The summed E-state index contributed by atoms with van der Waals surface area (Å²) < 4.78 is 1.12. The van der Waals surface area contributed by atoms with Crippen LogP contribution in [0.2, 0.25) is 13.1 Å².